The van der Waals surface area contributed by atoms with Crippen LogP contribution in [0.25, 0.3) is 16.7 Å². The van der Waals surface area contributed by atoms with Gasteiger partial charge in [0.05, 0.1) is 18.7 Å². The van der Waals surface area contributed by atoms with Gasteiger partial charge in [-0.2, -0.15) is 5.10 Å². The number of aromatic nitrogens is 2. The number of hydrogen-bond donors (Lipinski definition) is 2. The summed E-state index contributed by atoms with van der Waals surface area (Å²) in [7, 11) is 0. The molecule has 0 saturated carbocycles. The Morgan fingerprint density at radius 3 is 2.53 bits per heavy atom. The standard InChI is InChI=1S/C25H24Cl2N2O2.C4H11N/c1-4-19(24(30)17-9-16-10-18(26)6-8-23(16)31-13-17)20-7-5-15(11-21(20)14(2)3)22-12-28-29-25(22)27;1-3-4(2)5/h4-8,10-12,14,17H,9,13H2,1-3H3,(H,28,29);4H,3,5H2,1-2H3/b19-4+;. The molecular formula is C29H35Cl2N3O2. The Hall–Kier alpha value is -2.60. The number of aromatic amines is 1. The smallest absolute Gasteiger partial charge is 0.169 e. The first-order valence-electron chi connectivity index (χ1n) is 12.4. The topological polar surface area (TPSA) is 81.0 Å². The van der Waals surface area contributed by atoms with E-state index in [1.807, 2.05) is 50.3 Å². The van der Waals surface area contributed by atoms with Gasteiger partial charge in [0.2, 0.25) is 0 Å². The van der Waals surface area contributed by atoms with Gasteiger partial charge in [-0.15, -0.1) is 0 Å². The number of nitrogens with two attached hydrogens (primary N) is 1. The zero-order chi connectivity index (χ0) is 26.4. The van der Waals surface area contributed by atoms with Gasteiger partial charge in [-0.05, 0) is 73.1 Å². The van der Waals surface area contributed by atoms with Crippen LogP contribution in [0.4, 0.5) is 0 Å². The van der Waals surface area contributed by atoms with Crippen LogP contribution in [0.2, 0.25) is 10.2 Å². The maximum absolute atomic E-state index is 13.5. The highest BCUT2D eigenvalue weighted by atomic mass is 35.5. The average molecular weight is 529 g/mol. The minimum atomic E-state index is -0.250. The lowest BCUT2D eigenvalue weighted by Gasteiger charge is -2.26. The molecule has 0 spiro atoms. The molecule has 1 aliphatic heterocycles. The molecular weight excluding hydrogens is 493 g/mol. The number of carbonyl (C=O) groups excluding carboxylic acids is 1. The number of fused-ring (bicyclic) bond motifs is 1. The third kappa shape index (κ3) is 6.58. The molecule has 192 valence electrons. The van der Waals surface area contributed by atoms with Crippen molar-refractivity contribution in [3.8, 4) is 16.9 Å². The summed E-state index contributed by atoms with van der Waals surface area (Å²) in [6.45, 7) is 10.6. The van der Waals surface area contributed by atoms with Gasteiger partial charge in [0.25, 0.3) is 0 Å². The molecule has 3 N–H and O–H groups in total. The van der Waals surface area contributed by atoms with E-state index >= 15 is 0 Å². The number of nitrogens with one attached hydrogen (secondary N) is 1. The third-order valence-corrected chi connectivity index (χ3v) is 6.89. The third-order valence-electron chi connectivity index (χ3n) is 6.37. The van der Waals surface area contributed by atoms with Crippen LogP contribution in [0, 0.1) is 5.92 Å². The summed E-state index contributed by atoms with van der Waals surface area (Å²) in [4.78, 5) is 13.5. The summed E-state index contributed by atoms with van der Waals surface area (Å²) in [6.07, 6.45) is 5.32. The molecule has 2 heterocycles. The van der Waals surface area contributed by atoms with E-state index in [0.717, 1.165) is 40.0 Å². The lowest BCUT2D eigenvalue weighted by molar-refractivity contribution is -0.118. The zero-order valence-electron chi connectivity index (χ0n) is 21.6. The fraction of sp³-hybridized carbons (Fsp3) is 0.379. The zero-order valence-corrected chi connectivity index (χ0v) is 23.1. The van der Waals surface area contributed by atoms with E-state index in [9.17, 15) is 4.79 Å². The number of benzene rings is 2. The van der Waals surface area contributed by atoms with Crippen molar-refractivity contribution >= 4 is 34.6 Å². The highest BCUT2D eigenvalue weighted by molar-refractivity contribution is 6.32. The predicted molar refractivity (Wildman–Crippen MR) is 150 cm³/mol. The van der Waals surface area contributed by atoms with Crippen molar-refractivity contribution in [1.82, 2.24) is 10.2 Å². The summed E-state index contributed by atoms with van der Waals surface area (Å²) in [5, 5.41) is 7.93. The summed E-state index contributed by atoms with van der Waals surface area (Å²) in [5.74, 6) is 0.870. The van der Waals surface area contributed by atoms with Gasteiger partial charge in [0.15, 0.2) is 5.78 Å². The van der Waals surface area contributed by atoms with Crippen molar-refractivity contribution in [3.63, 3.8) is 0 Å². The van der Waals surface area contributed by atoms with Crippen molar-refractivity contribution in [2.75, 3.05) is 6.61 Å². The molecule has 1 aromatic heterocycles. The summed E-state index contributed by atoms with van der Waals surface area (Å²) in [5.41, 5.74) is 10.8. The molecule has 36 heavy (non-hydrogen) atoms. The molecule has 0 radical (unpaired) electrons. The van der Waals surface area contributed by atoms with Gasteiger partial charge in [0, 0.05) is 22.2 Å². The number of allylic oxidation sites excluding steroid dienone is 2. The van der Waals surface area contributed by atoms with Gasteiger partial charge in [-0.25, -0.2) is 0 Å². The largest absolute Gasteiger partial charge is 0.493 e. The minimum Gasteiger partial charge on any atom is -0.493 e. The van der Waals surface area contributed by atoms with Gasteiger partial charge in [0.1, 0.15) is 10.9 Å². The van der Waals surface area contributed by atoms with Crippen LogP contribution < -0.4 is 10.5 Å². The first-order chi connectivity index (χ1) is 17.2. The Morgan fingerprint density at radius 2 is 1.94 bits per heavy atom. The van der Waals surface area contributed by atoms with Crippen molar-refractivity contribution < 1.29 is 9.53 Å². The molecule has 3 aromatic rings. The lowest BCUT2D eigenvalue weighted by Crippen LogP contribution is -2.29. The second-order valence-corrected chi connectivity index (χ2v) is 10.3. The fourth-order valence-electron chi connectivity index (χ4n) is 4.11. The van der Waals surface area contributed by atoms with Crippen molar-refractivity contribution in [3.05, 3.63) is 75.5 Å². The fourth-order valence-corrected chi connectivity index (χ4v) is 4.51. The molecule has 2 aromatic carbocycles. The SMILES string of the molecule is C/C=C(/C(=O)C1COc2ccc(Cl)cc2C1)c1ccc(-c2cn[nH]c2Cl)cc1C(C)C.CCC(C)N. The molecule has 0 saturated heterocycles. The van der Waals surface area contributed by atoms with Crippen molar-refractivity contribution in [2.45, 2.75) is 59.4 Å². The summed E-state index contributed by atoms with van der Waals surface area (Å²) >= 11 is 12.4. The van der Waals surface area contributed by atoms with E-state index in [1.165, 1.54) is 0 Å². The van der Waals surface area contributed by atoms with Crippen LogP contribution in [0.3, 0.4) is 0 Å². The number of hydrogen-bond acceptors (Lipinski definition) is 4. The molecule has 0 amide bonds. The number of halogens is 2. The number of Topliss-reactive ketones (excluding diaryl/α,β-unsaturated/α-hetero) is 1. The molecule has 2 unspecified atom stereocenters. The lowest BCUT2D eigenvalue weighted by atomic mass is 9.83. The van der Waals surface area contributed by atoms with Crippen LogP contribution >= 0.6 is 23.2 Å². The molecule has 0 bridgehead atoms. The van der Waals surface area contributed by atoms with Crippen molar-refractivity contribution in [1.29, 1.82) is 0 Å². The second-order valence-electron chi connectivity index (χ2n) is 9.47. The summed E-state index contributed by atoms with van der Waals surface area (Å²) < 4.78 is 5.87. The maximum atomic E-state index is 13.5. The van der Waals surface area contributed by atoms with E-state index in [1.54, 1.807) is 6.20 Å². The van der Waals surface area contributed by atoms with E-state index in [-0.39, 0.29) is 17.6 Å². The van der Waals surface area contributed by atoms with Crippen LogP contribution in [-0.2, 0) is 11.2 Å². The molecule has 0 aliphatic carbocycles. The molecule has 4 rings (SSSR count). The number of H-pyrrole nitrogens is 1. The Bertz CT molecular complexity index is 1230. The minimum absolute atomic E-state index is 0.0871. The molecule has 7 heteroatoms. The number of carbonyl (C=O) groups is 1. The molecule has 5 nitrogen and oxygen atoms in total. The monoisotopic (exact) mass is 527 g/mol. The Morgan fingerprint density at radius 1 is 1.22 bits per heavy atom. The van der Waals surface area contributed by atoms with Crippen LogP contribution in [0.1, 0.15) is 63.6 Å². The number of ketones is 1. The Balaban J connectivity index is 0.000000658. The number of nitrogens with zero attached hydrogens (tertiary/aromatic N) is 1. The van der Waals surface area contributed by atoms with Gasteiger partial charge >= 0.3 is 0 Å². The average Bonchev–Trinajstić information content (AvgIpc) is 3.30. The van der Waals surface area contributed by atoms with Crippen LogP contribution in [0.15, 0.2) is 48.7 Å². The first-order valence-corrected chi connectivity index (χ1v) is 13.1. The van der Waals surface area contributed by atoms with E-state index < -0.39 is 0 Å². The highest BCUT2D eigenvalue weighted by Gasteiger charge is 2.29. The number of rotatable bonds is 6. The molecule has 1 aliphatic rings. The van der Waals surface area contributed by atoms with E-state index in [2.05, 4.69) is 37.0 Å². The van der Waals surface area contributed by atoms with Crippen molar-refractivity contribution in [2.24, 2.45) is 11.7 Å². The Kier molecular flexibility index (Phi) is 9.77. The van der Waals surface area contributed by atoms with Gasteiger partial charge in [-0.3, -0.25) is 9.89 Å². The van der Waals surface area contributed by atoms with Gasteiger partial charge < -0.3 is 10.5 Å². The molecule has 0 fully saturated rings. The second kappa shape index (κ2) is 12.6. The normalized spacial score (nSPS) is 16.0. The molecule has 2 atom stereocenters. The van der Waals surface area contributed by atoms with E-state index in [0.29, 0.717) is 34.8 Å². The highest BCUT2D eigenvalue weighted by Crippen LogP contribution is 2.36. The van der Waals surface area contributed by atoms with Crippen LogP contribution in [0.5, 0.6) is 5.75 Å². The predicted octanol–water partition coefficient (Wildman–Crippen LogP) is 7.47. The Labute approximate surface area is 224 Å². The number of ether oxygens (including phenoxy) is 1. The van der Waals surface area contributed by atoms with Gasteiger partial charge in [-0.1, -0.05) is 68.2 Å². The van der Waals surface area contributed by atoms with E-state index in [4.69, 9.17) is 33.7 Å². The quantitative estimate of drug-likeness (QED) is 0.325. The maximum Gasteiger partial charge on any atom is 0.169 e. The van der Waals surface area contributed by atoms with Crippen LogP contribution in [-0.4, -0.2) is 28.6 Å². The first kappa shape index (κ1) is 28.0. The summed E-state index contributed by atoms with van der Waals surface area (Å²) in [6, 6.07) is 12.0.